The summed E-state index contributed by atoms with van der Waals surface area (Å²) in [5, 5.41) is 3.81. The predicted octanol–water partition coefficient (Wildman–Crippen LogP) is 4.80. The van der Waals surface area contributed by atoms with Crippen molar-refractivity contribution in [2.75, 3.05) is 0 Å². The first-order valence-corrected chi connectivity index (χ1v) is 7.93. The number of hydrogen-bond donors (Lipinski definition) is 1. The van der Waals surface area contributed by atoms with Crippen molar-refractivity contribution in [3.8, 4) is 0 Å². The van der Waals surface area contributed by atoms with Crippen molar-refractivity contribution in [3.05, 3.63) is 70.8 Å². The highest BCUT2D eigenvalue weighted by Gasteiger charge is 2.35. The topological polar surface area (TPSA) is 12.0 Å². The summed E-state index contributed by atoms with van der Waals surface area (Å²) in [7, 11) is 0. The summed E-state index contributed by atoms with van der Waals surface area (Å²) in [6, 6.07) is 18.1. The van der Waals surface area contributed by atoms with E-state index in [9.17, 15) is 0 Å². The van der Waals surface area contributed by atoms with Gasteiger partial charge in [-0.3, -0.25) is 0 Å². The Morgan fingerprint density at radius 3 is 2.71 bits per heavy atom. The second-order valence-electron chi connectivity index (χ2n) is 6.99. The van der Waals surface area contributed by atoms with Crippen LogP contribution in [0.15, 0.2) is 48.5 Å². The van der Waals surface area contributed by atoms with Gasteiger partial charge >= 0.3 is 0 Å². The summed E-state index contributed by atoms with van der Waals surface area (Å²) in [4.78, 5) is 0. The lowest BCUT2D eigenvalue weighted by Gasteiger charge is -2.40. The van der Waals surface area contributed by atoms with Crippen molar-refractivity contribution >= 4 is 0 Å². The van der Waals surface area contributed by atoms with E-state index in [1.54, 1.807) is 0 Å². The highest BCUT2D eigenvalue weighted by atomic mass is 14.9. The second-order valence-corrected chi connectivity index (χ2v) is 6.99. The molecule has 1 aliphatic carbocycles. The third kappa shape index (κ3) is 3.03. The van der Waals surface area contributed by atoms with Gasteiger partial charge in [0, 0.05) is 12.6 Å². The van der Waals surface area contributed by atoms with E-state index in [2.05, 4.69) is 74.6 Å². The fourth-order valence-electron chi connectivity index (χ4n) is 3.49. The van der Waals surface area contributed by atoms with E-state index in [-0.39, 0.29) is 0 Å². The molecule has 0 aromatic heterocycles. The minimum Gasteiger partial charge on any atom is -0.305 e. The zero-order valence-electron chi connectivity index (χ0n) is 13.3. The van der Waals surface area contributed by atoms with Gasteiger partial charge in [-0.2, -0.15) is 0 Å². The van der Waals surface area contributed by atoms with Crippen molar-refractivity contribution in [1.29, 1.82) is 0 Å². The maximum absolute atomic E-state index is 3.81. The molecule has 1 nitrogen and oxygen atoms in total. The van der Waals surface area contributed by atoms with E-state index >= 15 is 0 Å². The van der Waals surface area contributed by atoms with E-state index in [0.29, 0.717) is 11.5 Å². The van der Waals surface area contributed by atoms with Gasteiger partial charge < -0.3 is 5.32 Å². The molecule has 1 aliphatic rings. The molecule has 0 aliphatic heterocycles. The minimum atomic E-state index is 0.304. The molecule has 21 heavy (non-hydrogen) atoms. The largest absolute Gasteiger partial charge is 0.305 e. The van der Waals surface area contributed by atoms with Crippen molar-refractivity contribution in [2.24, 2.45) is 5.41 Å². The van der Waals surface area contributed by atoms with Crippen LogP contribution in [0.2, 0.25) is 0 Å². The lowest BCUT2D eigenvalue weighted by Crippen LogP contribution is -2.37. The van der Waals surface area contributed by atoms with Crippen LogP contribution in [0, 0.1) is 12.3 Å². The zero-order chi connectivity index (χ0) is 14.9. The Labute approximate surface area is 128 Å². The summed E-state index contributed by atoms with van der Waals surface area (Å²) in [6.07, 6.45) is 2.45. The average Bonchev–Trinajstić information content (AvgIpc) is 2.46. The van der Waals surface area contributed by atoms with Gasteiger partial charge in [-0.05, 0) is 41.9 Å². The van der Waals surface area contributed by atoms with Crippen LogP contribution in [0.1, 0.15) is 48.6 Å². The molecule has 1 N–H and O–H groups in total. The molecule has 0 fully saturated rings. The first kappa shape index (κ1) is 14.3. The molecule has 2 aromatic carbocycles. The molecule has 0 heterocycles. The predicted molar refractivity (Wildman–Crippen MR) is 89.3 cm³/mol. The molecule has 0 saturated heterocycles. The maximum atomic E-state index is 3.81. The average molecular weight is 279 g/mol. The van der Waals surface area contributed by atoms with Gasteiger partial charge in [0.05, 0.1) is 0 Å². The maximum Gasteiger partial charge on any atom is 0.0377 e. The monoisotopic (exact) mass is 279 g/mol. The molecular formula is C20H25N. The summed E-state index contributed by atoms with van der Waals surface area (Å²) >= 11 is 0. The Morgan fingerprint density at radius 1 is 1.10 bits per heavy atom. The molecule has 0 bridgehead atoms. The van der Waals surface area contributed by atoms with Crippen LogP contribution >= 0.6 is 0 Å². The van der Waals surface area contributed by atoms with E-state index in [1.165, 1.54) is 35.1 Å². The van der Waals surface area contributed by atoms with Crippen LogP contribution in [0.5, 0.6) is 0 Å². The van der Waals surface area contributed by atoms with Crippen molar-refractivity contribution in [2.45, 2.75) is 46.2 Å². The van der Waals surface area contributed by atoms with Gasteiger partial charge in [0.2, 0.25) is 0 Å². The van der Waals surface area contributed by atoms with Crippen LogP contribution in [0.25, 0.3) is 0 Å². The van der Waals surface area contributed by atoms with E-state index in [1.807, 2.05) is 0 Å². The summed E-state index contributed by atoms with van der Waals surface area (Å²) < 4.78 is 0. The summed E-state index contributed by atoms with van der Waals surface area (Å²) in [6.45, 7) is 7.86. The van der Waals surface area contributed by atoms with Gasteiger partial charge in [0.15, 0.2) is 0 Å². The van der Waals surface area contributed by atoms with Crippen molar-refractivity contribution in [1.82, 2.24) is 5.32 Å². The van der Waals surface area contributed by atoms with Crippen LogP contribution in [-0.2, 0) is 13.0 Å². The Balaban J connectivity index is 1.83. The van der Waals surface area contributed by atoms with Crippen LogP contribution in [0.4, 0.5) is 0 Å². The highest BCUT2D eigenvalue weighted by Crippen LogP contribution is 2.43. The molecular weight excluding hydrogens is 254 g/mol. The van der Waals surface area contributed by atoms with Gasteiger partial charge in [0.25, 0.3) is 0 Å². The van der Waals surface area contributed by atoms with E-state index < -0.39 is 0 Å². The van der Waals surface area contributed by atoms with Crippen LogP contribution in [-0.4, -0.2) is 0 Å². The third-order valence-corrected chi connectivity index (χ3v) is 4.78. The molecule has 110 valence electrons. The van der Waals surface area contributed by atoms with Crippen LogP contribution < -0.4 is 5.32 Å². The van der Waals surface area contributed by atoms with Gasteiger partial charge in [-0.1, -0.05) is 67.9 Å². The fourth-order valence-corrected chi connectivity index (χ4v) is 3.49. The minimum absolute atomic E-state index is 0.304. The molecule has 0 spiro atoms. The molecule has 0 amide bonds. The summed E-state index contributed by atoms with van der Waals surface area (Å²) in [5.74, 6) is 0. The Hall–Kier alpha value is -1.60. The lowest BCUT2D eigenvalue weighted by atomic mass is 9.70. The normalized spacial score (nSPS) is 20.0. The van der Waals surface area contributed by atoms with Gasteiger partial charge in [-0.25, -0.2) is 0 Å². The van der Waals surface area contributed by atoms with Gasteiger partial charge in [-0.15, -0.1) is 0 Å². The van der Waals surface area contributed by atoms with Crippen LogP contribution in [0.3, 0.4) is 0 Å². The first-order valence-electron chi connectivity index (χ1n) is 7.93. The number of nitrogens with one attached hydrogen (secondary N) is 1. The Morgan fingerprint density at radius 2 is 1.90 bits per heavy atom. The van der Waals surface area contributed by atoms with Crippen molar-refractivity contribution in [3.63, 3.8) is 0 Å². The molecule has 3 rings (SSSR count). The molecule has 0 radical (unpaired) electrons. The molecule has 1 unspecified atom stereocenters. The van der Waals surface area contributed by atoms with Crippen molar-refractivity contribution < 1.29 is 0 Å². The Kier molecular flexibility index (Phi) is 3.86. The Bertz CT molecular complexity index is 627. The number of benzene rings is 2. The standard InChI is InChI=1S/C20H25N/c1-15-7-6-8-16(13-15)14-21-19-18-10-5-4-9-17(18)11-12-20(19,2)3/h4-10,13,19,21H,11-12,14H2,1-3H3. The lowest BCUT2D eigenvalue weighted by molar-refractivity contribution is 0.208. The quantitative estimate of drug-likeness (QED) is 0.851. The first-order chi connectivity index (χ1) is 10.1. The van der Waals surface area contributed by atoms with E-state index in [4.69, 9.17) is 0 Å². The smallest absolute Gasteiger partial charge is 0.0377 e. The number of hydrogen-bond acceptors (Lipinski definition) is 1. The van der Waals surface area contributed by atoms with E-state index in [0.717, 1.165) is 6.54 Å². The second kappa shape index (κ2) is 5.65. The molecule has 1 atom stereocenters. The molecule has 1 heteroatoms. The third-order valence-electron chi connectivity index (χ3n) is 4.78. The number of fused-ring (bicyclic) bond motifs is 1. The fraction of sp³-hybridized carbons (Fsp3) is 0.400. The molecule has 2 aromatic rings. The number of aryl methyl sites for hydroxylation is 2. The zero-order valence-corrected chi connectivity index (χ0v) is 13.3. The summed E-state index contributed by atoms with van der Waals surface area (Å²) in [5.41, 5.74) is 6.00. The molecule has 0 saturated carbocycles. The number of rotatable bonds is 3. The SMILES string of the molecule is Cc1cccc(CNC2c3ccccc3CCC2(C)C)c1. The van der Waals surface area contributed by atoms with Gasteiger partial charge in [0.1, 0.15) is 0 Å². The highest BCUT2D eigenvalue weighted by molar-refractivity contribution is 5.34.